The predicted octanol–water partition coefficient (Wildman–Crippen LogP) is 6.14. The van der Waals surface area contributed by atoms with E-state index in [0.717, 1.165) is 75.4 Å². The van der Waals surface area contributed by atoms with Crippen LogP contribution in [0.25, 0.3) is 0 Å². The topological polar surface area (TPSA) is 76.7 Å². The molecule has 2 unspecified atom stereocenters. The van der Waals surface area contributed by atoms with Crippen molar-refractivity contribution in [2.45, 2.75) is 154 Å². The van der Waals surface area contributed by atoms with Crippen molar-refractivity contribution in [3.05, 3.63) is 23.3 Å². The molecule has 2 saturated heterocycles. The predicted molar refractivity (Wildman–Crippen MR) is 152 cm³/mol. The Bertz CT molecular complexity index is 864. The van der Waals surface area contributed by atoms with Gasteiger partial charge in [-0.2, -0.15) is 0 Å². The van der Waals surface area contributed by atoms with Crippen molar-refractivity contribution in [3.63, 3.8) is 0 Å². The number of hydrogen-bond acceptors (Lipinski definition) is 6. The van der Waals surface area contributed by atoms with E-state index in [4.69, 9.17) is 9.47 Å². The monoisotopic (exact) mass is 528 g/mol. The Labute approximate surface area is 230 Å². The molecular weight excluding hydrogens is 476 g/mol. The summed E-state index contributed by atoms with van der Waals surface area (Å²) in [5.74, 6) is 0.867. The third-order valence-electron chi connectivity index (χ3n) is 8.95. The fourth-order valence-corrected chi connectivity index (χ4v) is 8.01. The van der Waals surface area contributed by atoms with Crippen LogP contribution in [0.3, 0.4) is 0 Å². The first-order valence-electron chi connectivity index (χ1n) is 14.9. The molecule has 4 rings (SSSR count). The highest BCUT2D eigenvalue weighted by Crippen LogP contribution is 2.39. The molecular formula is C32H52N2O4. The van der Waals surface area contributed by atoms with Crippen molar-refractivity contribution in [2.75, 3.05) is 0 Å². The summed E-state index contributed by atoms with van der Waals surface area (Å²) in [6.07, 6.45) is 13.0. The molecule has 2 N–H and O–H groups in total. The van der Waals surface area contributed by atoms with E-state index in [2.05, 4.69) is 78.2 Å². The molecule has 38 heavy (non-hydrogen) atoms. The molecule has 0 radical (unpaired) electrons. The molecule has 0 saturated carbocycles. The number of nitrogens with one attached hydrogen (secondary N) is 2. The minimum Gasteiger partial charge on any atom is -0.459 e. The summed E-state index contributed by atoms with van der Waals surface area (Å²) < 4.78 is 12.0. The van der Waals surface area contributed by atoms with Gasteiger partial charge in [0.05, 0.1) is 0 Å². The van der Waals surface area contributed by atoms with Crippen LogP contribution < -0.4 is 10.6 Å². The number of carbonyl (C=O) groups is 2. The maximum absolute atomic E-state index is 13.0. The first-order chi connectivity index (χ1) is 17.5. The molecule has 4 aliphatic rings. The summed E-state index contributed by atoms with van der Waals surface area (Å²) in [6.45, 7) is 17.4. The van der Waals surface area contributed by atoms with Gasteiger partial charge in [-0.3, -0.25) is 0 Å². The van der Waals surface area contributed by atoms with E-state index in [9.17, 15) is 9.59 Å². The summed E-state index contributed by atoms with van der Waals surface area (Å²) in [7, 11) is 0. The lowest BCUT2D eigenvalue weighted by Crippen LogP contribution is -2.59. The zero-order valence-corrected chi connectivity index (χ0v) is 25.2. The molecule has 0 aromatic carbocycles. The van der Waals surface area contributed by atoms with Gasteiger partial charge in [0.25, 0.3) is 0 Å². The van der Waals surface area contributed by atoms with Crippen molar-refractivity contribution < 1.29 is 19.1 Å². The Balaban J connectivity index is 1.26. The summed E-state index contributed by atoms with van der Waals surface area (Å²) in [6, 6.07) is 0. The van der Waals surface area contributed by atoms with Crippen molar-refractivity contribution in [1.29, 1.82) is 0 Å². The van der Waals surface area contributed by atoms with E-state index in [1.54, 1.807) is 0 Å². The van der Waals surface area contributed by atoms with E-state index in [0.29, 0.717) is 11.8 Å². The van der Waals surface area contributed by atoms with Gasteiger partial charge in [-0.05, 0) is 106 Å². The van der Waals surface area contributed by atoms with Crippen molar-refractivity contribution in [1.82, 2.24) is 10.6 Å². The highest BCUT2D eigenvalue weighted by molar-refractivity contribution is 5.89. The zero-order valence-electron chi connectivity index (χ0n) is 25.2. The SMILES string of the molecule is CC1(C)CC(OC(=O)C2=CCC(C3CC=C(C(=O)OC4CC(C)(C)NC(C)(C)C4)CC3)CC2)CC(C)(C)N1. The third kappa shape index (κ3) is 7.71. The molecule has 2 aliphatic heterocycles. The van der Waals surface area contributed by atoms with Crippen molar-refractivity contribution in [3.8, 4) is 0 Å². The van der Waals surface area contributed by atoms with E-state index >= 15 is 0 Å². The average Bonchev–Trinajstić information content (AvgIpc) is 2.75. The highest BCUT2D eigenvalue weighted by atomic mass is 16.5. The lowest BCUT2D eigenvalue weighted by atomic mass is 9.74. The van der Waals surface area contributed by atoms with Crippen LogP contribution in [0.15, 0.2) is 23.3 Å². The van der Waals surface area contributed by atoms with E-state index < -0.39 is 0 Å². The Morgan fingerprint density at radius 3 is 1.21 bits per heavy atom. The van der Waals surface area contributed by atoms with E-state index in [1.807, 2.05) is 0 Å². The number of ether oxygens (including phenoxy) is 2. The standard InChI is InChI=1S/C32H52N2O4/c1-29(2)17-25(18-30(3,4)33-29)37-27(35)23-13-9-21(10-14-23)22-11-15-24(16-12-22)28(36)38-26-19-31(5,6)34-32(7,8)20-26/h13,15,21-22,25-26,33-34H,9-12,14,16-20H2,1-8H3. The number of rotatable bonds is 5. The Kier molecular flexibility index (Phi) is 8.28. The molecule has 2 aliphatic carbocycles. The molecule has 2 heterocycles. The minimum absolute atomic E-state index is 0.0424. The number of carbonyl (C=O) groups excluding carboxylic acids is 2. The molecule has 0 amide bonds. The van der Waals surface area contributed by atoms with Crippen LogP contribution in [-0.4, -0.2) is 46.3 Å². The molecule has 0 aromatic heterocycles. The van der Waals surface area contributed by atoms with E-state index in [-0.39, 0.29) is 46.3 Å². The molecule has 2 atom stereocenters. The zero-order chi connectivity index (χ0) is 27.9. The first kappa shape index (κ1) is 29.3. The lowest BCUT2D eigenvalue weighted by molar-refractivity contribution is -0.150. The van der Waals surface area contributed by atoms with Crippen molar-refractivity contribution in [2.24, 2.45) is 11.8 Å². The summed E-state index contributed by atoms with van der Waals surface area (Å²) in [5, 5.41) is 7.30. The van der Waals surface area contributed by atoms with Crippen LogP contribution in [-0.2, 0) is 19.1 Å². The van der Waals surface area contributed by atoms with Crippen molar-refractivity contribution >= 4 is 11.9 Å². The first-order valence-corrected chi connectivity index (χ1v) is 14.9. The van der Waals surface area contributed by atoms with Gasteiger partial charge in [0, 0.05) is 59.0 Å². The van der Waals surface area contributed by atoms with Crippen LogP contribution in [0.5, 0.6) is 0 Å². The van der Waals surface area contributed by atoms with E-state index in [1.165, 1.54) is 0 Å². The van der Waals surface area contributed by atoms with Crippen LogP contribution in [0.1, 0.15) is 120 Å². The number of piperidine rings is 2. The maximum atomic E-state index is 13.0. The maximum Gasteiger partial charge on any atom is 0.333 e. The van der Waals surface area contributed by atoms with Gasteiger partial charge >= 0.3 is 11.9 Å². The Hall–Kier alpha value is -1.66. The quantitative estimate of drug-likeness (QED) is 0.417. The van der Waals surface area contributed by atoms with Gasteiger partial charge < -0.3 is 20.1 Å². The third-order valence-corrected chi connectivity index (χ3v) is 8.95. The second kappa shape index (κ2) is 10.7. The van der Waals surface area contributed by atoms with Gasteiger partial charge in [0.2, 0.25) is 0 Å². The fraction of sp³-hybridized carbons (Fsp3) is 0.812. The van der Waals surface area contributed by atoms with Gasteiger partial charge in [-0.1, -0.05) is 12.2 Å². The molecule has 6 heteroatoms. The van der Waals surface area contributed by atoms with Gasteiger partial charge in [0.15, 0.2) is 0 Å². The Morgan fingerprint density at radius 1 is 0.632 bits per heavy atom. The molecule has 0 bridgehead atoms. The highest BCUT2D eigenvalue weighted by Gasteiger charge is 2.41. The van der Waals surface area contributed by atoms with Crippen LogP contribution >= 0.6 is 0 Å². The summed E-state index contributed by atoms with van der Waals surface area (Å²) in [4.78, 5) is 25.9. The normalized spacial score (nSPS) is 31.1. The van der Waals surface area contributed by atoms with Crippen LogP contribution in [0.4, 0.5) is 0 Å². The number of esters is 2. The van der Waals surface area contributed by atoms with Crippen LogP contribution in [0.2, 0.25) is 0 Å². The molecule has 2 fully saturated rings. The average molecular weight is 529 g/mol. The molecule has 214 valence electrons. The van der Waals surface area contributed by atoms with Crippen LogP contribution in [0, 0.1) is 11.8 Å². The molecule has 6 nitrogen and oxygen atoms in total. The second-order valence-electron chi connectivity index (χ2n) is 15.2. The minimum atomic E-state index is -0.125. The summed E-state index contributed by atoms with van der Waals surface area (Å²) in [5.41, 5.74) is 1.52. The smallest absolute Gasteiger partial charge is 0.333 e. The summed E-state index contributed by atoms with van der Waals surface area (Å²) >= 11 is 0. The fourth-order valence-electron chi connectivity index (χ4n) is 8.01. The molecule has 0 spiro atoms. The lowest BCUT2D eigenvalue weighted by Gasteiger charge is -2.46. The second-order valence-corrected chi connectivity index (χ2v) is 15.2. The largest absolute Gasteiger partial charge is 0.459 e. The number of hydrogen-bond donors (Lipinski definition) is 2. The Morgan fingerprint density at radius 2 is 0.947 bits per heavy atom. The van der Waals surface area contributed by atoms with Gasteiger partial charge in [-0.25, -0.2) is 9.59 Å². The van der Waals surface area contributed by atoms with Gasteiger partial charge in [0.1, 0.15) is 12.2 Å². The van der Waals surface area contributed by atoms with Gasteiger partial charge in [-0.15, -0.1) is 0 Å². The number of allylic oxidation sites excluding steroid dienone is 2. The molecule has 0 aromatic rings.